The van der Waals surface area contributed by atoms with Crippen molar-refractivity contribution in [2.45, 2.75) is 65.0 Å². The van der Waals surface area contributed by atoms with E-state index in [1.807, 2.05) is 12.1 Å². The predicted octanol–water partition coefficient (Wildman–Crippen LogP) is 6.02. The number of benzene rings is 2. The van der Waals surface area contributed by atoms with E-state index < -0.39 is 0 Å². The molecule has 1 aliphatic heterocycles. The van der Waals surface area contributed by atoms with Gasteiger partial charge in [0.05, 0.1) is 0 Å². The van der Waals surface area contributed by atoms with Gasteiger partial charge in [0.1, 0.15) is 5.75 Å². The molecule has 1 aliphatic rings. The van der Waals surface area contributed by atoms with Gasteiger partial charge in [0.2, 0.25) is 0 Å². The molecule has 0 amide bonds. The van der Waals surface area contributed by atoms with Crippen LogP contribution in [-0.4, -0.2) is 18.2 Å². The van der Waals surface area contributed by atoms with Crippen LogP contribution >= 0.6 is 8.58 Å². The van der Waals surface area contributed by atoms with Crippen molar-refractivity contribution < 1.29 is 5.11 Å². The summed E-state index contributed by atoms with van der Waals surface area (Å²) in [5.41, 5.74) is 5.10. The van der Waals surface area contributed by atoms with Gasteiger partial charge in [0.25, 0.3) is 0 Å². The Labute approximate surface area is 166 Å². The van der Waals surface area contributed by atoms with Crippen molar-refractivity contribution in [2.75, 3.05) is 18.0 Å². The Bertz CT molecular complexity index is 776. The molecule has 2 aromatic carbocycles. The Kier molecular flexibility index (Phi) is 6.48. The van der Waals surface area contributed by atoms with Crippen LogP contribution < -0.4 is 10.2 Å². The molecule has 0 saturated carbocycles. The molecular weight excluding hydrogens is 349 g/mol. The lowest BCUT2D eigenvalue weighted by molar-refractivity contribution is 0.448. The third-order valence-electron chi connectivity index (χ3n) is 6.10. The number of piperidine rings is 1. The highest BCUT2D eigenvalue weighted by Crippen LogP contribution is 2.51. The van der Waals surface area contributed by atoms with Crippen molar-refractivity contribution in [3.63, 3.8) is 0 Å². The number of phenolic OH excluding ortho intramolecular Hbond substituents is 1. The van der Waals surface area contributed by atoms with Crippen LogP contribution in [0.1, 0.15) is 62.6 Å². The molecule has 1 atom stereocenters. The molecule has 27 heavy (non-hydrogen) atoms. The second-order valence-corrected chi connectivity index (χ2v) is 9.75. The van der Waals surface area contributed by atoms with E-state index in [-0.39, 0.29) is 5.16 Å². The number of anilines is 1. The van der Waals surface area contributed by atoms with Crippen LogP contribution in [0.4, 0.5) is 5.69 Å². The van der Waals surface area contributed by atoms with Crippen LogP contribution in [0.5, 0.6) is 5.75 Å². The second-order valence-electron chi connectivity index (χ2n) is 8.00. The van der Waals surface area contributed by atoms with Crippen molar-refractivity contribution in [1.29, 1.82) is 0 Å². The highest BCUT2D eigenvalue weighted by molar-refractivity contribution is 7.49. The minimum absolute atomic E-state index is 0.00407. The Morgan fingerprint density at radius 3 is 2.22 bits per heavy atom. The van der Waals surface area contributed by atoms with E-state index >= 15 is 0 Å². The van der Waals surface area contributed by atoms with Gasteiger partial charge in [0.15, 0.2) is 0 Å². The van der Waals surface area contributed by atoms with Gasteiger partial charge in [-0.1, -0.05) is 52.3 Å². The number of phenols is 1. The minimum atomic E-state index is -0.00407. The summed E-state index contributed by atoms with van der Waals surface area (Å²) in [4.78, 5) is 2.59. The van der Waals surface area contributed by atoms with Gasteiger partial charge in [-0.15, -0.1) is 0 Å². The standard InChI is InChI=1S/C24H34NOP/c1-5-24(6-2,20-16-18(3)10-12-22(20)26)27-23-13-11-19(4)17-21(23)25-14-8-7-9-15-25/h10-13,16-17,26-27H,5-9,14-15H2,1-4H3. The lowest BCUT2D eigenvalue weighted by Gasteiger charge is -2.36. The van der Waals surface area contributed by atoms with Crippen molar-refractivity contribution in [3.05, 3.63) is 53.1 Å². The Balaban J connectivity index is 2.03. The van der Waals surface area contributed by atoms with Gasteiger partial charge in [-0.05, 0) is 69.0 Å². The fourth-order valence-electron chi connectivity index (χ4n) is 4.31. The van der Waals surface area contributed by atoms with Crippen molar-refractivity contribution in [1.82, 2.24) is 0 Å². The van der Waals surface area contributed by atoms with Gasteiger partial charge < -0.3 is 10.0 Å². The fraction of sp³-hybridized carbons (Fsp3) is 0.500. The number of hydrogen-bond donors (Lipinski definition) is 1. The topological polar surface area (TPSA) is 23.5 Å². The highest BCUT2D eigenvalue weighted by atomic mass is 31.1. The average Bonchev–Trinajstić information content (AvgIpc) is 2.70. The molecular formula is C24H34NOP. The number of nitrogens with zero attached hydrogens (tertiary/aromatic N) is 1. The molecule has 1 saturated heterocycles. The SMILES string of the molecule is CCC(CC)(Pc1ccc(C)cc1N1CCCCC1)c1cc(C)ccc1O. The van der Waals surface area contributed by atoms with Gasteiger partial charge in [-0.3, -0.25) is 0 Å². The summed E-state index contributed by atoms with van der Waals surface area (Å²) in [5.74, 6) is 0.448. The van der Waals surface area contributed by atoms with Crippen LogP contribution in [0.3, 0.4) is 0 Å². The second kappa shape index (κ2) is 8.65. The molecule has 3 rings (SSSR count). The van der Waals surface area contributed by atoms with E-state index in [4.69, 9.17) is 0 Å². The maximum Gasteiger partial charge on any atom is 0.119 e. The average molecular weight is 384 g/mol. The number of aromatic hydroxyl groups is 1. The summed E-state index contributed by atoms with van der Waals surface area (Å²) in [6, 6.07) is 13.0. The molecule has 1 heterocycles. The molecule has 0 aliphatic carbocycles. The van der Waals surface area contributed by atoms with Gasteiger partial charge in [-0.2, -0.15) is 0 Å². The summed E-state index contributed by atoms with van der Waals surface area (Å²) in [7, 11) is 0.654. The van der Waals surface area contributed by atoms with Crippen molar-refractivity contribution in [3.8, 4) is 5.75 Å². The van der Waals surface area contributed by atoms with Crippen LogP contribution in [0, 0.1) is 13.8 Å². The molecule has 2 aromatic rings. The third kappa shape index (κ3) is 4.32. The lowest BCUT2D eigenvalue weighted by Crippen LogP contribution is -2.33. The van der Waals surface area contributed by atoms with E-state index in [0.717, 1.165) is 18.4 Å². The maximum atomic E-state index is 10.7. The Morgan fingerprint density at radius 1 is 0.926 bits per heavy atom. The first-order valence-electron chi connectivity index (χ1n) is 10.4. The lowest BCUT2D eigenvalue weighted by atomic mass is 9.91. The zero-order chi connectivity index (χ0) is 19.4. The Morgan fingerprint density at radius 2 is 1.56 bits per heavy atom. The summed E-state index contributed by atoms with van der Waals surface area (Å²) in [6.45, 7) is 11.2. The van der Waals surface area contributed by atoms with Crippen LogP contribution in [0.25, 0.3) is 0 Å². The van der Waals surface area contributed by atoms with E-state index in [0.29, 0.717) is 14.3 Å². The van der Waals surface area contributed by atoms with Crippen molar-refractivity contribution in [2.24, 2.45) is 0 Å². The summed E-state index contributed by atoms with van der Waals surface area (Å²) in [6.07, 6.45) is 6.01. The van der Waals surface area contributed by atoms with E-state index in [9.17, 15) is 5.11 Å². The molecule has 146 valence electrons. The van der Waals surface area contributed by atoms with Crippen LogP contribution in [0.2, 0.25) is 0 Å². The van der Waals surface area contributed by atoms with Crippen LogP contribution in [-0.2, 0) is 5.16 Å². The summed E-state index contributed by atoms with van der Waals surface area (Å²) < 4.78 is 0. The summed E-state index contributed by atoms with van der Waals surface area (Å²) in [5, 5.41) is 12.1. The first kappa shape index (κ1) is 20.2. The van der Waals surface area contributed by atoms with Gasteiger partial charge >= 0.3 is 0 Å². The third-order valence-corrected chi connectivity index (χ3v) is 8.25. The fourth-order valence-corrected chi connectivity index (χ4v) is 6.04. The molecule has 2 nitrogen and oxygen atoms in total. The number of rotatable bonds is 6. The number of aryl methyl sites for hydroxylation is 2. The summed E-state index contributed by atoms with van der Waals surface area (Å²) >= 11 is 0. The molecule has 0 aromatic heterocycles. The molecule has 0 radical (unpaired) electrons. The maximum absolute atomic E-state index is 10.7. The first-order valence-corrected chi connectivity index (χ1v) is 11.4. The van der Waals surface area contributed by atoms with Gasteiger partial charge in [0, 0.05) is 29.5 Å². The van der Waals surface area contributed by atoms with Crippen molar-refractivity contribution >= 4 is 19.6 Å². The molecule has 1 fully saturated rings. The number of hydrogen-bond acceptors (Lipinski definition) is 2. The highest BCUT2D eigenvalue weighted by Gasteiger charge is 2.33. The largest absolute Gasteiger partial charge is 0.508 e. The normalized spacial score (nSPS) is 15.6. The van der Waals surface area contributed by atoms with Crippen LogP contribution in [0.15, 0.2) is 36.4 Å². The van der Waals surface area contributed by atoms with E-state index in [1.165, 1.54) is 54.5 Å². The zero-order valence-corrected chi connectivity index (χ0v) is 18.3. The smallest absolute Gasteiger partial charge is 0.119 e. The van der Waals surface area contributed by atoms with Gasteiger partial charge in [-0.25, -0.2) is 0 Å². The predicted molar refractivity (Wildman–Crippen MR) is 120 cm³/mol. The molecule has 1 unspecified atom stereocenters. The quantitative estimate of drug-likeness (QED) is 0.617. The molecule has 1 N–H and O–H groups in total. The monoisotopic (exact) mass is 383 g/mol. The van der Waals surface area contributed by atoms with E-state index in [2.05, 4.69) is 56.9 Å². The zero-order valence-electron chi connectivity index (χ0n) is 17.3. The molecule has 3 heteroatoms. The molecule has 0 spiro atoms. The minimum Gasteiger partial charge on any atom is -0.508 e. The molecule has 0 bridgehead atoms. The van der Waals surface area contributed by atoms with E-state index in [1.54, 1.807) is 0 Å². The first-order chi connectivity index (χ1) is 13.0. The Hall–Kier alpha value is -1.53.